The third-order valence-electron chi connectivity index (χ3n) is 12.7. The van der Waals surface area contributed by atoms with Crippen LogP contribution >= 0.6 is 0 Å². The number of carbonyl (C=O) groups is 2. The van der Waals surface area contributed by atoms with E-state index in [2.05, 4.69) is 18.0 Å². The number of carbonyl (C=O) groups excluding carboxylic acids is 2. The van der Waals surface area contributed by atoms with E-state index < -0.39 is 23.8 Å². The third-order valence-corrected chi connectivity index (χ3v) is 12.7. The summed E-state index contributed by atoms with van der Waals surface area (Å²) in [7, 11) is 3.39. The Hall–Kier alpha value is -5.95. The molecule has 1 saturated carbocycles. The van der Waals surface area contributed by atoms with Crippen molar-refractivity contribution in [3.05, 3.63) is 150 Å². The van der Waals surface area contributed by atoms with Gasteiger partial charge in [0.1, 0.15) is 29.9 Å². The first kappa shape index (κ1) is 46.1. The summed E-state index contributed by atoms with van der Waals surface area (Å²) < 4.78 is 25.7. The van der Waals surface area contributed by atoms with Gasteiger partial charge < -0.3 is 44.2 Å². The molecule has 3 aliphatic rings. The summed E-state index contributed by atoms with van der Waals surface area (Å²) in [6.45, 7) is 4.86. The van der Waals surface area contributed by atoms with Gasteiger partial charge in [0, 0.05) is 44.7 Å². The van der Waals surface area contributed by atoms with Crippen molar-refractivity contribution < 1.29 is 43.6 Å². The molecule has 0 spiro atoms. The van der Waals surface area contributed by atoms with Gasteiger partial charge in [-0.2, -0.15) is 0 Å². The van der Waals surface area contributed by atoms with Gasteiger partial charge >= 0.3 is 6.09 Å². The van der Waals surface area contributed by atoms with Gasteiger partial charge in [-0.05, 0) is 90.1 Å². The largest absolute Gasteiger partial charge is 0.497 e. The number of nitrogens with one attached hydrogen (secondary N) is 1. The third kappa shape index (κ3) is 10.7. The number of unbranched alkanes of at least 4 members (excludes halogenated alkanes) is 2. The molecule has 4 aromatic carbocycles. The summed E-state index contributed by atoms with van der Waals surface area (Å²) in [5.74, 6) is -0.764. The first-order valence-electron chi connectivity index (χ1n) is 22.4. The normalized spacial score (nSPS) is 22.5. The average Bonchev–Trinajstić information content (AvgIpc) is 3.32. The van der Waals surface area contributed by atoms with Crippen molar-refractivity contribution in [1.82, 2.24) is 10.2 Å². The smallest absolute Gasteiger partial charge is 0.412 e. The van der Waals surface area contributed by atoms with E-state index >= 15 is 0 Å². The highest BCUT2D eigenvalue weighted by molar-refractivity contribution is 6.03. The first-order chi connectivity index (χ1) is 31.3. The first-order valence-corrected chi connectivity index (χ1v) is 22.4. The Kier molecular flexibility index (Phi) is 15.9. The Morgan fingerprint density at radius 3 is 2.33 bits per heavy atom. The number of nitrogens with zero attached hydrogens (tertiary/aromatic N) is 2. The zero-order chi connectivity index (χ0) is 44.9. The van der Waals surface area contributed by atoms with Crippen LogP contribution < -0.4 is 19.5 Å². The van der Waals surface area contributed by atoms with Gasteiger partial charge in [-0.15, -0.1) is 6.58 Å². The fraction of sp³-hybridized carbons (Fsp3) is 0.404. The Bertz CT molecular complexity index is 2250. The number of likely N-dealkylation sites (N-methyl/N-ethyl adjacent to an activating group) is 1. The monoisotopic (exact) mass is 871 g/mol. The van der Waals surface area contributed by atoms with E-state index in [1.54, 1.807) is 31.2 Å². The number of rotatable bonds is 21. The number of aliphatic hydroxyl groups excluding tert-OH is 2. The van der Waals surface area contributed by atoms with Gasteiger partial charge in [-0.25, -0.2) is 4.79 Å². The number of allylic oxidation sites excluding steroid dienone is 1. The van der Waals surface area contributed by atoms with Crippen molar-refractivity contribution in [2.24, 2.45) is 22.9 Å². The van der Waals surface area contributed by atoms with Crippen LogP contribution in [0.3, 0.4) is 0 Å². The maximum atomic E-state index is 14.6. The highest BCUT2D eigenvalue weighted by atomic mass is 16.7. The Morgan fingerprint density at radius 2 is 1.61 bits per heavy atom. The molecule has 1 fully saturated rings. The number of hydrogen-bond acceptors (Lipinski definition) is 10. The minimum Gasteiger partial charge on any atom is -0.497 e. The van der Waals surface area contributed by atoms with Crippen molar-refractivity contribution in [3.8, 4) is 17.2 Å². The molecule has 12 nitrogen and oxygen atoms in total. The van der Waals surface area contributed by atoms with Crippen LogP contribution in [0.1, 0.15) is 73.1 Å². The number of methoxy groups -OCH3 is 1. The predicted octanol–water partition coefficient (Wildman–Crippen LogP) is 8.52. The molecule has 64 heavy (non-hydrogen) atoms. The highest BCUT2D eigenvalue weighted by Crippen LogP contribution is 2.62. The number of fused-ring (bicyclic) bond motifs is 2. The second-order valence-corrected chi connectivity index (χ2v) is 16.8. The summed E-state index contributed by atoms with van der Waals surface area (Å²) in [5, 5.41) is 27.7. The second-order valence-electron chi connectivity index (χ2n) is 16.8. The van der Waals surface area contributed by atoms with E-state index in [4.69, 9.17) is 28.9 Å². The molecule has 2 amide bonds. The fourth-order valence-corrected chi connectivity index (χ4v) is 9.72. The Balaban J connectivity index is 1.36. The van der Waals surface area contributed by atoms with E-state index in [1.807, 2.05) is 97.1 Å². The Morgan fingerprint density at radius 1 is 0.891 bits per heavy atom. The average molecular weight is 872 g/mol. The molecule has 1 heterocycles. The SMILES string of the molecule is C=CCOC12Oc3ccc(OC(=O)NCc4ccccc4)cc3C3C(CCCCO)C(CCCCO)C=C(C(=NOCc4ccccc4)CC1N(C)C(=O)Cc1cccc(OC)c1)C32. The van der Waals surface area contributed by atoms with Crippen LogP contribution in [0, 0.1) is 17.8 Å². The van der Waals surface area contributed by atoms with Crippen LogP contribution in [0.2, 0.25) is 0 Å². The van der Waals surface area contributed by atoms with Gasteiger partial charge in [-0.1, -0.05) is 103 Å². The summed E-state index contributed by atoms with van der Waals surface area (Å²) >= 11 is 0. The topological polar surface area (TPSA) is 148 Å². The molecule has 1 aliphatic heterocycles. The van der Waals surface area contributed by atoms with Crippen molar-refractivity contribution in [2.45, 2.75) is 82.3 Å². The molecule has 2 aliphatic carbocycles. The maximum absolute atomic E-state index is 14.6. The van der Waals surface area contributed by atoms with Crippen LogP contribution in [0.25, 0.3) is 0 Å². The van der Waals surface area contributed by atoms with E-state index in [9.17, 15) is 19.8 Å². The van der Waals surface area contributed by atoms with Crippen molar-refractivity contribution in [1.29, 1.82) is 0 Å². The van der Waals surface area contributed by atoms with Gasteiger partial charge in [0.05, 0.1) is 31.8 Å². The second kappa shape index (κ2) is 22.1. The molecule has 12 heteroatoms. The molecule has 4 aromatic rings. The summed E-state index contributed by atoms with van der Waals surface area (Å²) in [4.78, 5) is 35.8. The minimum atomic E-state index is -1.42. The van der Waals surface area contributed by atoms with Crippen LogP contribution in [0.5, 0.6) is 17.2 Å². The molecular weight excluding hydrogens is 811 g/mol. The molecular formula is C52H61N3O9. The van der Waals surface area contributed by atoms with Gasteiger partial charge in [0.25, 0.3) is 0 Å². The molecule has 6 atom stereocenters. The van der Waals surface area contributed by atoms with E-state index in [1.165, 1.54) is 0 Å². The summed E-state index contributed by atoms with van der Waals surface area (Å²) in [5.41, 5.74) is 5.16. The highest BCUT2D eigenvalue weighted by Gasteiger charge is 2.65. The summed E-state index contributed by atoms with van der Waals surface area (Å²) in [6, 6.07) is 31.7. The minimum absolute atomic E-state index is 0.00136. The van der Waals surface area contributed by atoms with Gasteiger partial charge in [-0.3, -0.25) is 4.79 Å². The van der Waals surface area contributed by atoms with Crippen molar-refractivity contribution in [2.75, 3.05) is 34.0 Å². The molecule has 0 radical (unpaired) electrons. The van der Waals surface area contributed by atoms with Crippen LogP contribution in [0.15, 0.2) is 133 Å². The Labute approximate surface area is 376 Å². The van der Waals surface area contributed by atoms with Gasteiger partial charge in [0.15, 0.2) is 0 Å². The number of benzene rings is 4. The number of amides is 2. The molecule has 3 N–H and O–H groups in total. The lowest BCUT2D eigenvalue weighted by molar-refractivity contribution is -0.255. The zero-order valence-electron chi connectivity index (χ0n) is 36.9. The number of ether oxygens (including phenoxy) is 4. The van der Waals surface area contributed by atoms with E-state index in [0.717, 1.165) is 53.5 Å². The quantitative estimate of drug-likeness (QED) is 0.0426. The van der Waals surface area contributed by atoms with E-state index in [0.29, 0.717) is 42.3 Å². The molecule has 0 saturated heterocycles. The van der Waals surface area contributed by atoms with Crippen molar-refractivity contribution >= 4 is 17.7 Å². The lowest BCUT2D eigenvalue weighted by atomic mass is 9.55. The van der Waals surface area contributed by atoms with Gasteiger partial charge in [0.2, 0.25) is 11.7 Å². The lowest BCUT2D eigenvalue weighted by Crippen LogP contribution is -2.69. The predicted molar refractivity (Wildman–Crippen MR) is 245 cm³/mol. The maximum Gasteiger partial charge on any atom is 0.412 e. The lowest BCUT2D eigenvalue weighted by Gasteiger charge is -2.59. The fourth-order valence-electron chi connectivity index (χ4n) is 9.72. The van der Waals surface area contributed by atoms with Crippen LogP contribution in [-0.4, -0.2) is 78.6 Å². The number of hydrogen-bond donors (Lipinski definition) is 3. The summed E-state index contributed by atoms with van der Waals surface area (Å²) in [6.07, 6.45) is 8.19. The number of aliphatic hydroxyl groups is 2. The van der Waals surface area contributed by atoms with E-state index in [-0.39, 0.29) is 62.9 Å². The molecule has 0 bridgehead atoms. The zero-order valence-corrected chi connectivity index (χ0v) is 36.9. The van der Waals surface area contributed by atoms with Crippen molar-refractivity contribution in [3.63, 3.8) is 0 Å². The molecule has 338 valence electrons. The molecule has 0 aromatic heterocycles. The standard InChI is InChI=1S/C52H61N3O9/c1-4-28-61-52-47(55(2)48(58)30-38-20-15-22-40(29-38)60-3)33-45(54-62-35-37-18-9-6-10-19-37)43-31-39(21-11-13-26-56)42(23-12-14-27-57)49(50(43)52)44-32-41(24-25-46(44)64-52)63-51(59)53-34-36-16-7-5-8-17-36/h4-10,15-20,22,24-25,29,31-32,39,42,47,49-50,56-57H,1,11-14,21,23,26-28,30,33-35H2,2-3H3,(H,53,59). The molecule has 6 unspecified atom stereocenters. The molecule has 7 rings (SSSR count). The number of oxime groups is 1. The van der Waals surface area contributed by atoms with Crippen LogP contribution in [0.4, 0.5) is 4.79 Å². The van der Waals surface area contributed by atoms with Crippen LogP contribution in [-0.2, 0) is 33.9 Å².